The molecule has 0 aromatic carbocycles. The van der Waals surface area contributed by atoms with Crippen molar-refractivity contribution >= 4 is 12.0 Å². The number of nitrogens with one attached hydrogen (secondary N) is 1. The Hall–Kier alpha value is -1.26. The molecule has 0 saturated heterocycles. The summed E-state index contributed by atoms with van der Waals surface area (Å²) in [5, 5.41) is 11.6. The average Bonchev–Trinajstić information content (AvgIpc) is 2.37. The molecule has 0 aliphatic heterocycles. The van der Waals surface area contributed by atoms with Gasteiger partial charge in [0.05, 0.1) is 0 Å². The van der Waals surface area contributed by atoms with Crippen molar-refractivity contribution in [2.24, 2.45) is 0 Å². The van der Waals surface area contributed by atoms with Gasteiger partial charge in [-0.3, -0.25) is 0 Å². The lowest BCUT2D eigenvalue weighted by molar-refractivity contribution is -0.139. The van der Waals surface area contributed by atoms with E-state index in [1.807, 2.05) is 6.92 Å². The summed E-state index contributed by atoms with van der Waals surface area (Å²) in [6.07, 6.45) is 6.02. The summed E-state index contributed by atoms with van der Waals surface area (Å²) in [5.41, 5.74) is 0. The van der Waals surface area contributed by atoms with E-state index < -0.39 is 12.0 Å². The van der Waals surface area contributed by atoms with Gasteiger partial charge in [0, 0.05) is 12.6 Å². The number of nitrogens with zero attached hydrogens (tertiary/aromatic N) is 1. The first kappa shape index (κ1) is 14.8. The molecule has 0 heterocycles. The molecule has 2 N–H and O–H groups in total. The van der Waals surface area contributed by atoms with E-state index in [1.165, 1.54) is 6.42 Å². The van der Waals surface area contributed by atoms with Crippen LogP contribution in [0.3, 0.4) is 0 Å². The predicted molar refractivity (Wildman–Crippen MR) is 69.5 cm³/mol. The maximum absolute atomic E-state index is 12.1. The predicted octanol–water partition coefficient (Wildman–Crippen LogP) is 2.21. The number of carboxylic acids is 1. The first-order valence-electron chi connectivity index (χ1n) is 6.90. The quantitative estimate of drug-likeness (QED) is 0.792. The zero-order valence-electron chi connectivity index (χ0n) is 11.3. The molecule has 5 nitrogen and oxygen atoms in total. The molecular formula is C13H24N2O3. The number of carbonyl (C=O) groups excluding carboxylic acids is 1. The van der Waals surface area contributed by atoms with Crippen molar-refractivity contribution in [2.45, 2.75) is 64.5 Å². The lowest BCUT2D eigenvalue weighted by Gasteiger charge is -2.34. The van der Waals surface area contributed by atoms with Crippen molar-refractivity contribution < 1.29 is 14.7 Å². The number of carboxylic acid groups (broad SMARTS) is 1. The summed E-state index contributed by atoms with van der Waals surface area (Å²) in [6.45, 7) is 4.33. The lowest BCUT2D eigenvalue weighted by Crippen LogP contribution is -2.51. The van der Waals surface area contributed by atoms with Crippen LogP contribution in [0, 0.1) is 0 Å². The van der Waals surface area contributed by atoms with E-state index in [0.29, 0.717) is 13.0 Å². The average molecular weight is 256 g/mol. The van der Waals surface area contributed by atoms with Crippen molar-refractivity contribution in [3.8, 4) is 0 Å². The van der Waals surface area contributed by atoms with Crippen LogP contribution in [0.25, 0.3) is 0 Å². The highest BCUT2D eigenvalue weighted by molar-refractivity contribution is 5.82. The fourth-order valence-corrected chi connectivity index (χ4v) is 2.53. The van der Waals surface area contributed by atoms with Crippen molar-refractivity contribution in [1.82, 2.24) is 10.2 Å². The third-order valence-corrected chi connectivity index (χ3v) is 3.62. The Balaban J connectivity index is 2.57. The van der Waals surface area contributed by atoms with Crippen LogP contribution < -0.4 is 5.32 Å². The fourth-order valence-electron chi connectivity index (χ4n) is 2.53. The molecule has 2 amide bonds. The fraction of sp³-hybridized carbons (Fsp3) is 0.846. The summed E-state index contributed by atoms with van der Waals surface area (Å²) < 4.78 is 0. The Bertz CT molecular complexity index is 288. The second-order valence-corrected chi connectivity index (χ2v) is 4.83. The molecule has 0 aromatic heterocycles. The zero-order chi connectivity index (χ0) is 13.5. The molecule has 1 fully saturated rings. The summed E-state index contributed by atoms with van der Waals surface area (Å²) in [6, 6.07) is -0.746. The Kier molecular flexibility index (Phi) is 5.95. The van der Waals surface area contributed by atoms with Crippen LogP contribution in [0.5, 0.6) is 0 Å². The Labute approximate surface area is 109 Å². The van der Waals surface area contributed by atoms with Gasteiger partial charge < -0.3 is 15.3 Å². The second kappa shape index (κ2) is 7.24. The molecule has 0 aromatic rings. The monoisotopic (exact) mass is 256 g/mol. The number of amides is 2. The van der Waals surface area contributed by atoms with Gasteiger partial charge >= 0.3 is 12.0 Å². The number of hydrogen-bond donors (Lipinski definition) is 2. The molecule has 1 saturated carbocycles. The van der Waals surface area contributed by atoms with Gasteiger partial charge in [0.25, 0.3) is 0 Å². The van der Waals surface area contributed by atoms with Crippen LogP contribution in [0.4, 0.5) is 4.79 Å². The highest BCUT2D eigenvalue weighted by atomic mass is 16.4. The minimum Gasteiger partial charge on any atom is -0.480 e. The van der Waals surface area contributed by atoms with Gasteiger partial charge in [0.15, 0.2) is 0 Å². The van der Waals surface area contributed by atoms with E-state index >= 15 is 0 Å². The van der Waals surface area contributed by atoms with Gasteiger partial charge in [-0.25, -0.2) is 9.59 Å². The van der Waals surface area contributed by atoms with Crippen LogP contribution in [0.15, 0.2) is 0 Å². The molecule has 104 valence electrons. The third kappa shape index (κ3) is 3.89. The molecule has 1 unspecified atom stereocenters. The van der Waals surface area contributed by atoms with E-state index in [9.17, 15) is 9.59 Å². The number of urea groups is 1. The van der Waals surface area contributed by atoms with Gasteiger partial charge in [-0.1, -0.05) is 26.2 Å². The van der Waals surface area contributed by atoms with Crippen molar-refractivity contribution in [2.75, 3.05) is 6.54 Å². The minimum atomic E-state index is -0.967. The number of aliphatic carboxylic acids is 1. The van der Waals surface area contributed by atoms with Crippen LogP contribution in [0.2, 0.25) is 0 Å². The summed E-state index contributed by atoms with van der Waals surface area (Å²) in [5.74, 6) is -0.967. The van der Waals surface area contributed by atoms with Gasteiger partial charge in [0.1, 0.15) is 6.04 Å². The number of hydrogen-bond acceptors (Lipinski definition) is 2. The maximum atomic E-state index is 12.1. The van der Waals surface area contributed by atoms with Crippen LogP contribution in [-0.2, 0) is 4.79 Å². The molecule has 18 heavy (non-hydrogen) atoms. The van der Waals surface area contributed by atoms with Crippen LogP contribution in [-0.4, -0.2) is 40.6 Å². The SMILES string of the molecule is CCC(NC(=O)N(CC)C1CCCCC1)C(=O)O. The van der Waals surface area contributed by atoms with E-state index in [0.717, 1.165) is 25.7 Å². The molecule has 1 atom stereocenters. The summed E-state index contributed by atoms with van der Waals surface area (Å²) in [7, 11) is 0. The first-order chi connectivity index (χ1) is 8.60. The molecule has 0 radical (unpaired) electrons. The largest absolute Gasteiger partial charge is 0.480 e. The molecule has 1 aliphatic rings. The van der Waals surface area contributed by atoms with Crippen molar-refractivity contribution in [3.63, 3.8) is 0 Å². The minimum absolute atomic E-state index is 0.237. The lowest BCUT2D eigenvalue weighted by atomic mass is 9.94. The van der Waals surface area contributed by atoms with E-state index in [-0.39, 0.29) is 12.1 Å². The molecular weight excluding hydrogens is 232 g/mol. The normalized spacial score (nSPS) is 18.1. The standard InChI is InChI=1S/C13H24N2O3/c1-3-11(12(16)17)14-13(18)15(4-2)10-8-6-5-7-9-10/h10-11H,3-9H2,1-2H3,(H,14,18)(H,16,17). The summed E-state index contributed by atoms with van der Waals surface area (Å²) >= 11 is 0. The smallest absolute Gasteiger partial charge is 0.326 e. The molecule has 1 aliphatic carbocycles. The van der Waals surface area contributed by atoms with Crippen LogP contribution >= 0.6 is 0 Å². The molecule has 0 bridgehead atoms. The third-order valence-electron chi connectivity index (χ3n) is 3.62. The molecule has 0 spiro atoms. The first-order valence-corrected chi connectivity index (χ1v) is 6.90. The van der Waals surface area contributed by atoms with E-state index in [2.05, 4.69) is 5.32 Å². The van der Waals surface area contributed by atoms with E-state index in [4.69, 9.17) is 5.11 Å². The second-order valence-electron chi connectivity index (χ2n) is 4.83. The molecule has 5 heteroatoms. The summed E-state index contributed by atoms with van der Waals surface area (Å²) in [4.78, 5) is 24.8. The number of rotatable bonds is 5. The van der Waals surface area contributed by atoms with Gasteiger partial charge in [-0.2, -0.15) is 0 Å². The maximum Gasteiger partial charge on any atom is 0.326 e. The zero-order valence-corrected chi connectivity index (χ0v) is 11.3. The Morgan fingerprint density at radius 3 is 2.33 bits per heavy atom. The highest BCUT2D eigenvalue weighted by Gasteiger charge is 2.26. The van der Waals surface area contributed by atoms with Crippen LogP contribution in [0.1, 0.15) is 52.4 Å². The van der Waals surface area contributed by atoms with Gasteiger partial charge in [-0.05, 0) is 26.2 Å². The Morgan fingerprint density at radius 1 is 1.28 bits per heavy atom. The van der Waals surface area contributed by atoms with Gasteiger partial charge in [0.2, 0.25) is 0 Å². The van der Waals surface area contributed by atoms with Crippen molar-refractivity contribution in [3.05, 3.63) is 0 Å². The highest BCUT2D eigenvalue weighted by Crippen LogP contribution is 2.22. The van der Waals surface area contributed by atoms with E-state index in [1.54, 1.807) is 11.8 Å². The number of carbonyl (C=O) groups is 2. The van der Waals surface area contributed by atoms with Gasteiger partial charge in [-0.15, -0.1) is 0 Å². The molecule has 1 rings (SSSR count). The van der Waals surface area contributed by atoms with Crippen molar-refractivity contribution in [1.29, 1.82) is 0 Å². The topological polar surface area (TPSA) is 69.6 Å². The Morgan fingerprint density at radius 2 is 1.89 bits per heavy atom.